The number of hydrogen-bond donors (Lipinski definition) is 1. The Morgan fingerprint density at radius 3 is 2.44 bits per heavy atom. The summed E-state index contributed by atoms with van der Waals surface area (Å²) in [5, 5.41) is 12.5. The highest BCUT2D eigenvalue weighted by atomic mass is 15.0. The summed E-state index contributed by atoms with van der Waals surface area (Å²) in [6.07, 6.45) is 6.76. The lowest BCUT2D eigenvalue weighted by Crippen LogP contribution is -2.35. The van der Waals surface area contributed by atoms with E-state index in [1.54, 1.807) is 0 Å². The van der Waals surface area contributed by atoms with E-state index in [2.05, 4.69) is 64.2 Å². The van der Waals surface area contributed by atoms with E-state index in [0.29, 0.717) is 5.41 Å². The van der Waals surface area contributed by atoms with Crippen molar-refractivity contribution in [3.05, 3.63) is 29.3 Å². The zero-order chi connectivity index (χ0) is 18.7. The van der Waals surface area contributed by atoms with E-state index in [9.17, 15) is 5.26 Å². The number of aryl methyl sites for hydroxylation is 2. The van der Waals surface area contributed by atoms with Gasteiger partial charge in [-0.15, -0.1) is 0 Å². The Kier molecular flexibility index (Phi) is 5.92. The summed E-state index contributed by atoms with van der Waals surface area (Å²) in [7, 11) is 6.25. The van der Waals surface area contributed by atoms with E-state index in [0.717, 1.165) is 44.9 Å². The number of rotatable bonds is 3. The molecule has 1 atom stereocenters. The molecule has 0 spiro atoms. The van der Waals surface area contributed by atoms with Crippen molar-refractivity contribution in [2.45, 2.75) is 90.4 Å². The summed E-state index contributed by atoms with van der Waals surface area (Å²) in [6, 6.07) is 9.07. The normalized spacial score (nSPS) is 22.1. The van der Waals surface area contributed by atoms with E-state index in [1.165, 1.54) is 16.8 Å². The van der Waals surface area contributed by atoms with Gasteiger partial charge in [0.05, 0.1) is 13.9 Å². The van der Waals surface area contributed by atoms with Crippen LogP contribution in [0.4, 0.5) is 5.69 Å². The largest absolute Gasteiger partial charge is 0.380 e. The van der Waals surface area contributed by atoms with Crippen LogP contribution < -0.4 is 5.32 Å². The van der Waals surface area contributed by atoms with Crippen LogP contribution in [-0.2, 0) is 12.8 Å². The highest BCUT2D eigenvalue weighted by Crippen LogP contribution is 2.37. The molecule has 2 rings (SSSR count). The van der Waals surface area contributed by atoms with E-state index in [4.69, 9.17) is 7.85 Å². The highest BCUT2D eigenvalue weighted by molar-refractivity contribution is 6.17. The summed E-state index contributed by atoms with van der Waals surface area (Å²) in [4.78, 5) is 0. The van der Waals surface area contributed by atoms with Gasteiger partial charge in [0, 0.05) is 16.5 Å². The van der Waals surface area contributed by atoms with Crippen LogP contribution in [0.3, 0.4) is 0 Å². The van der Waals surface area contributed by atoms with Crippen LogP contribution in [0.5, 0.6) is 0 Å². The van der Waals surface area contributed by atoms with Gasteiger partial charge in [-0.1, -0.05) is 33.3 Å². The molecule has 0 heterocycles. The summed E-state index contributed by atoms with van der Waals surface area (Å²) >= 11 is 0. The van der Waals surface area contributed by atoms with E-state index >= 15 is 0 Å². The maximum Gasteiger partial charge on any atom is 0.0951 e. The van der Waals surface area contributed by atoms with Crippen molar-refractivity contribution in [2.75, 3.05) is 5.32 Å². The zero-order valence-electron chi connectivity index (χ0n) is 16.7. The molecule has 3 heteroatoms. The third-order valence-electron chi connectivity index (χ3n) is 5.04. The molecule has 0 bridgehead atoms. The average molecular weight is 336 g/mol. The van der Waals surface area contributed by atoms with Gasteiger partial charge in [-0.05, 0) is 81.0 Å². The smallest absolute Gasteiger partial charge is 0.0951 e. The average Bonchev–Trinajstić information content (AvgIpc) is 2.54. The molecule has 1 unspecified atom stereocenters. The molecule has 0 aliphatic heterocycles. The molecule has 1 aromatic rings. The third-order valence-corrected chi connectivity index (χ3v) is 5.04. The number of hydrogen-bond acceptors (Lipinski definition) is 2. The van der Waals surface area contributed by atoms with Crippen LogP contribution in [0.1, 0.15) is 77.8 Å². The van der Waals surface area contributed by atoms with Gasteiger partial charge in [0.15, 0.2) is 0 Å². The molecule has 1 aliphatic rings. The quantitative estimate of drug-likeness (QED) is 0.706. The maximum atomic E-state index is 9.39. The molecule has 1 aliphatic carbocycles. The molecule has 0 saturated carbocycles. The molecule has 0 saturated heterocycles. The van der Waals surface area contributed by atoms with Crippen LogP contribution in [0.25, 0.3) is 0 Å². The second-order valence-electron chi connectivity index (χ2n) is 9.70. The van der Waals surface area contributed by atoms with Crippen LogP contribution >= 0.6 is 0 Å². The number of fused-ring (bicyclic) bond motifs is 1. The molecular weight excluding hydrogens is 303 g/mol. The van der Waals surface area contributed by atoms with Crippen molar-refractivity contribution in [2.24, 2.45) is 5.41 Å². The van der Waals surface area contributed by atoms with Crippen molar-refractivity contribution in [3.8, 4) is 6.07 Å². The van der Waals surface area contributed by atoms with Crippen LogP contribution in [-0.4, -0.2) is 13.4 Å². The van der Waals surface area contributed by atoms with Gasteiger partial charge in [-0.3, -0.25) is 0 Å². The lowest BCUT2D eigenvalue weighted by molar-refractivity contribution is 0.302. The molecule has 1 N–H and O–H groups in total. The molecule has 1 aromatic carbocycles. The molecule has 134 valence electrons. The standard InChI is InChI=1S/C22H33BN2/c1-20(2,3)15-21(4,5)25-19-10-9-17-11-13-22(23,16-24)12-7-6-8-18(17)14-19/h9-10,14,25H,6-8,11-13,15H2,1-5H3. The molecule has 0 fully saturated rings. The van der Waals surface area contributed by atoms with Gasteiger partial charge in [0.25, 0.3) is 0 Å². The maximum absolute atomic E-state index is 9.39. The Labute approximate surface area is 155 Å². The Bertz CT molecular complexity index is 636. The van der Waals surface area contributed by atoms with Crippen molar-refractivity contribution >= 4 is 13.5 Å². The first-order chi connectivity index (χ1) is 11.5. The summed E-state index contributed by atoms with van der Waals surface area (Å²) in [5.74, 6) is 0. The minimum atomic E-state index is -0.659. The van der Waals surface area contributed by atoms with Crippen molar-refractivity contribution in [1.82, 2.24) is 0 Å². The van der Waals surface area contributed by atoms with Gasteiger partial charge in [0.2, 0.25) is 0 Å². The first-order valence-electron chi connectivity index (χ1n) is 9.62. The topological polar surface area (TPSA) is 35.8 Å². The van der Waals surface area contributed by atoms with Crippen LogP contribution in [0, 0.1) is 16.7 Å². The number of benzene rings is 1. The first kappa shape index (κ1) is 19.9. The lowest BCUT2D eigenvalue weighted by Gasteiger charge is -2.34. The zero-order valence-corrected chi connectivity index (χ0v) is 16.7. The van der Waals surface area contributed by atoms with Crippen LogP contribution in [0.15, 0.2) is 18.2 Å². The Morgan fingerprint density at radius 1 is 1.08 bits per heavy atom. The molecular formula is C22H33BN2. The number of nitrogens with zero attached hydrogens (tertiary/aromatic N) is 1. The van der Waals surface area contributed by atoms with Crippen molar-refractivity contribution in [3.63, 3.8) is 0 Å². The number of anilines is 1. The second-order valence-corrected chi connectivity index (χ2v) is 9.70. The predicted molar refractivity (Wildman–Crippen MR) is 108 cm³/mol. The minimum absolute atomic E-state index is 0.0538. The first-order valence-corrected chi connectivity index (χ1v) is 9.62. The third kappa shape index (κ3) is 6.10. The summed E-state index contributed by atoms with van der Waals surface area (Å²) < 4.78 is 0. The Balaban J connectivity index is 2.17. The van der Waals surface area contributed by atoms with Gasteiger partial charge in [-0.2, -0.15) is 5.26 Å². The SMILES string of the molecule is [B]C1(C#N)CCCCc2cc(NC(C)(C)CC(C)(C)C)ccc2CC1. The van der Waals surface area contributed by atoms with Gasteiger partial charge >= 0.3 is 0 Å². The fourth-order valence-corrected chi connectivity index (χ4v) is 4.29. The van der Waals surface area contributed by atoms with Crippen molar-refractivity contribution < 1.29 is 0 Å². The van der Waals surface area contributed by atoms with E-state index < -0.39 is 5.31 Å². The van der Waals surface area contributed by atoms with Crippen molar-refractivity contribution in [1.29, 1.82) is 5.26 Å². The Morgan fingerprint density at radius 2 is 1.80 bits per heavy atom. The minimum Gasteiger partial charge on any atom is -0.380 e. The summed E-state index contributed by atoms with van der Waals surface area (Å²) in [5.41, 5.74) is 4.31. The van der Waals surface area contributed by atoms with Gasteiger partial charge in [0.1, 0.15) is 0 Å². The van der Waals surface area contributed by atoms with Gasteiger partial charge < -0.3 is 5.32 Å². The summed E-state index contributed by atoms with van der Waals surface area (Å²) in [6.45, 7) is 11.4. The monoisotopic (exact) mass is 336 g/mol. The molecule has 2 radical (unpaired) electrons. The molecule has 2 nitrogen and oxygen atoms in total. The predicted octanol–water partition coefficient (Wildman–Crippen LogP) is 5.82. The number of nitrogens with one attached hydrogen (secondary N) is 1. The fraction of sp³-hybridized carbons (Fsp3) is 0.682. The highest BCUT2D eigenvalue weighted by Gasteiger charge is 2.26. The van der Waals surface area contributed by atoms with E-state index in [1.807, 2.05) is 0 Å². The lowest BCUT2D eigenvalue weighted by atomic mass is 9.64. The van der Waals surface area contributed by atoms with Crippen LogP contribution in [0.2, 0.25) is 5.31 Å². The fourth-order valence-electron chi connectivity index (χ4n) is 4.29. The Hall–Kier alpha value is -1.43. The van der Waals surface area contributed by atoms with Gasteiger partial charge in [-0.25, -0.2) is 0 Å². The molecule has 0 aromatic heterocycles. The van der Waals surface area contributed by atoms with E-state index in [-0.39, 0.29) is 5.54 Å². The number of nitriles is 1. The molecule has 0 amide bonds. The second kappa shape index (κ2) is 7.44. The molecule has 25 heavy (non-hydrogen) atoms.